The van der Waals surface area contributed by atoms with Crippen molar-refractivity contribution in [3.8, 4) is 0 Å². The average Bonchev–Trinajstić information content (AvgIpc) is 2.40. The maximum Gasteiger partial charge on any atom is 0.253 e. The first-order chi connectivity index (χ1) is 9.94. The molecule has 6 N–H and O–H groups in total. The SMILES string of the molecule is Nc1ccc(Cl)c(NC(=O)CSc2nc(N)cc(=O)[nH]2)c1. The number of carbonyl (C=O) groups excluding carboxylic acids is 1. The molecule has 1 aromatic carbocycles. The lowest BCUT2D eigenvalue weighted by atomic mass is 10.3. The van der Waals surface area contributed by atoms with Gasteiger partial charge in [0.1, 0.15) is 5.82 Å². The summed E-state index contributed by atoms with van der Waals surface area (Å²) in [7, 11) is 0. The number of carbonyl (C=O) groups is 1. The Hall–Kier alpha value is -2.19. The number of thioether (sulfide) groups is 1. The summed E-state index contributed by atoms with van der Waals surface area (Å²) < 4.78 is 0. The molecule has 0 aliphatic rings. The monoisotopic (exact) mass is 325 g/mol. The van der Waals surface area contributed by atoms with Gasteiger partial charge in [0.15, 0.2) is 5.16 Å². The molecule has 0 spiro atoms. The van der Waals surface area contributed by atoms with E-state index in [0.717, 1.165) is 17.8 Å². The summed E-state index contributed by atoms with van der Waals surface area (Å²) in [4.78, 5) is 29.4. The summed E-state index contributed by atoms with van der Waals surface area (Å²) in [6, 6.07) is 5.95. The number of H-pyrrole nitrogens is 1. The second-order valence-corrected chi connectivity index (χ2v) is 5.42. The fourth-order valence-electron chi connectivity index (χ4n) is 1.48. The number of aromatic nitrogens is 2. The lowest BCUT2D eigenvalue weighted by Gasteiger charge is -2.07. The number of nitrogen functional groups attached to an aromatic ring is 2. The Morgan fingerprint density at radius 2 is 2.14 bits per heavy atom. The fourth-order valence-corrected chi connectivity index (χ4v) is 2.33. The van der Waals surface area contributed by atoms with E-state index in [1.54, 1.807) is 18.2 Å². The first-order valence-corrected chi connectivity index (χ1v) is 7.15. The smallest absolute Gasteiger partial charge is 0.253 e. The van der Waals surface area contributed by atoms with Crippen LogP contribution in [0, 0.1) is 0 Å². The summed E-state index contributed by atoms with van der Waals surface area (Å²) >= 11 is 7.00. The van der Waals surface area contributed by atoms with Crippen molar-refractivity contribution in [1.82, 2.24) is 9.97 Å². The third-order valence-corrected chi connectivity index (χ3v) is 3.55. The molecule has 0 radical (unpaired) electrons. The molecule has 0 saturated carbocycles. The highest BCUT2D eigenvalue weighted by molar-refractivity contribution is 7.99. The zero-order valence-electron chi connectivity index (χ0n) is 10.7. The zero-order valence-corrected chi connectivity index (χ0v) is 12.3. The number of hydrogen-bond acceptors (Lipinski definition) is 6. The number of rotatable bonds is 4. The molecule has 0 bridgehead atoms. The molecule has 7 nitrogen and oxygen atoms in total. The van der Waals surface area contributed by atoms with Crippen LogP contribution in [0.3, 0.4) is 0 Å². The number of nitrogens with two attached hydrogens (primary N) is 2. The molecule has 110 valence electrons. The minimum absolute atomic E-state index is 0.0392. The topological polar surface area (TPSA) is 127 Å². The lowest BCUT2D eigenvalue weighted by molar-refractivity contribution is -0.113. The molecule has 0 fully saturated rings. The average molecular weight is 326 g/mol. The molecular weight excluding hydrogens is 314 g/mol. The molecule has 0 aliphatic heterocycles. The second kappa shape index (κ2) is 6.51. The first kappa shape index (κ1) is 15.2. The number of aromatic amines is 1. The molecule has 0 aliphatic carbocycles. The third-order valence-electron chi connectivity index (χ3n) is 2.34. The van der Waals surface area contributed by atoms with Gasteiger partial charge in [0.2, 0.25) is 5.91 Å². The molecule has 1 aromatic heterocycles. The van der Waals surface area contributed by atoms with Gasteiger partial charge in [-0.25, -0.2) is 4.98 Å². The van der Waals surface area contributed by atoms with Crippen molar-refractivity contribution < 1.29 is 4.79 Å². The van der Waals surface area contributed by atoms with E-state index in [9.17, 15) is 9.59 Å². The van der Waals surface area contributed by atoms with Gasteiger partial charge in [0, 0.05) is 11.8 Å². The van der Waals surface area contributed by atoms with Crippen LogP contribution >= 0.6 is 23.4 Å². The molecular formula is C12H12ClN5O2S. The van der Waals surface area contributed by atoms with Crippen LogP contribution in [0.15, 0.2) is 34.2 Å². The Morgan fingerprint density at radius 1 is 1.38 bits per heavy atom. The van der Waals surface area contributed by atoms with Gasteiger partial charge in [0.25, 0.3) is 5.56 Å². The highest BCUT2D eigenvalue weighted by atomic mass is 35.5. The van der Waals surface area contributed by atoms with E-state index < -0.39 is 0 Å². The molecule has 21 heavy (non-hydrogen) atoms. The van der Waals surface area contributed by atoms with Crippen LogP contribution in [-0.2, 0) is 4.79 Å². The van der Waals surface area contributed by atoms with Crippen LogP contribution < -0.4 is 22.3 Å². The zero-order chi connectivity index (χ0) is 15.4. The summed E-state index contributed by atoms with van der Waals surface area (Å²) in [6.07, 6.45) is 0. The van der Waals surface area contributed by atoms with Gasteiger partial charge in [-0.15, -0.1) is 0 Å². The number of hydrogen-bond donors (Lipinski definition) is 4. The molecule has 1 amide bonds. The Labute approximate surface area is 129 Å². The van der Waals surface area contributed by atoms with Crippen LogP contribution in [0.1, 0.15) is 0 Å². The largest absolute Gasteiger partial charge is 0.399 e. The van der Waals surface area contributed by atoms with Crippen molar-refractivity contribution in [3.63, 3.8) is 0 Å². The number of amides is 1. The predicted octanol–water partition coefficient (Wildman–Crippen LogP) is 1.32. The molecule has 0 atom stereocenters. The Morgan fingerprint density at radius 3 is 2.86 bits per heavy atom. The van der Waals surface area contributed by atoms with Crippen molar-refractivity contribution in [2.24, 2.45) is 0 Å². The first-order valence-electron chi connectivity index (χ1n) is 5.78. The van der Waals surface area contributed by atoms with E-state index in [4.69, 9.17) is 23.1 Å². The van der Waals surface area contributed by atoms with Crippen molar-refractivity contribution in [3.05, 3.63) is 39.6 Å². The number of benzene rings is 1. The van der Waals surface area contributed by atoms with E-state index in [1.807, 2.05) is 0 Å². The number of anilines is 3. The highest BCUT2D eigenvalue weighted by Gasteiger charge is 2.08. The third kappa shape index (κ3) is 4.40. The predicted molar refractivity (Wildman–Crippen MR) is 84.5 cm³/mol. The Balaban J connectivity index is 1.99. The van der Waals surface area contributed by atoms with Gasteiger partial charge >= 0.3 is 0 Å². The maximum atomic E-state index is 11.8. The standard InChI is InChI=1S/C12H12ClN5O2S/c13-7-2-1-6(14)3-8(7)16-11(20)5-21-12-17-9(15)4-10(19)18-12/h1-4H,5,14H2,(H,16,20)(H3,15,17,18,19). The van der Waals surface area contributed by atoms with Gasteiger partial charge in [-0.1, -0.05) is 23.4 Å². The Kier molecular flexibility index (Phi) is 4.71. The Bertz CT molecular complexity index is 734. The van der Waals surface area contributed by atoms with Gasteiger partial charge in [-0.05, 0) is 18.2 Å². The number of nitrogens with one attached hydrogen (secondary N) is 2. The van der Waals surface area contributed by atoms with E-state index in [1.165, 1.54) is 0 Å². The summed E-state index contributed by atoms with van der Waals surface area (Å²) in [6.45, 7) is 0. The van der Waals surface area contributed by atoms with Crippen LogP contribution in [0.2, 0.25) is 5.02 Å². The van der Waals surface area contributed by atoms with E-state index >= 15 is 0 Å². The van der Waals surface area contributed by atoms with Crippen LogP contribution in [0.25, 0.3) is 0 Å². The van der Waals surface area contributed by atoms with Crippen molar-refractivity contribution in [2.45, 2.75) is 5.16 Å². The van der Waals surface area contributed by atoms with Crippen LogP contribution in [-0.4, -0.2) is 21.6 Å². The van der Waals surface area contributed by atoms with Crippen molar-refractivity contribution in [2.75, 3.05) is 22.5 Å². The maximum absolute atomic E-state index is 11.8. The molecule has 9 heteroatoms. The molecule has 2 rings (SSSR count). The van der Waals surface area contributed by atoms with E-state index in [-0.39, 0.29) is 28.2 Å². The highest BCUT2D eigenvalue weighted by Crippen LogP contribution is 2.24. The van der Waals surface area contributed by atoms with Gasteiger partial charge in [-0.2, -0.15) is 0 Å². The second-order valence-electron chi connectivity index (χ2n) is 4.05. The summed E-state index contributed by atoms with van der Waals surface area (Å²) in [5.74, 6) is -0.171. The fraction of sp³-hybridized carbons (Fsp3) is 0.0833. The number of halogens is 1. The van der Waals surface area contributed by atoms with E-state index in [0.29, 0.717) is 16.4 Å². The molecule has 0 unspecified atom stereocenters. The number of nitrogens with zero attached hydrogens (tertiary/aromatic N) is 1. The molecule has 1 heterocycles. The van der Waals surface area contributed by atoms with Crippen LogP contribution in [0.4, 0.5) is 17.2 Å². The van der Waals surface area contributed by atoms with Gasteiger partial charge in [0.05, 0.1) is 16.5 Å². The summed E-state index contributed by atoms with van der Waals surface area (Å²) in [5, 5.41) is 3.29. The molecule has 2 aromatic rings. The summed E-state index contributed by atoms with van der Waals surface area (Å²) in [5.41, 5.74) is 11.6. The normalized spacial score (nSPS) is 10.3. The lowest BCUT2D eigenvalue weighted by Crippen LogP contribution is -2.16. The van der Waals surface area contributed by atoms with Crippen molar-refractivity contribution >= 4 is 46.5 Å². The quantitative estimate of drug-likeness (QED) is 0.381. The van der Waals surface area contributed by atoms with Gasteiger partial charge < -0.3 is 21.8 Å². The van der Waals surface area contributed by atoms with Crippen LogP contribution in [0.5, 0.6) is 0 Å². The van der Waals surface area contributed by atoms with Crippen molar-refractivity contribution in [1.29, 1.82) is 0 Å². The van der Waals surface area contributed by atoms with E-state index in [2.05, 4.69) is 15.3 Å². The molecule has 0 saturated heterocycles. The van der Waals surface area contributed by atoms with Gasteiger partial charge in [-0.3, -0.25) is 9.59 Å². The minimum Gasteiger partial charge on any atom is -0.399 e. The minimum atomic E-state index is -0.371.